The van der Waals surface area contributed by atoms with Crippen LogP contribution in [0.4, 0.5) is 18.9 Å². The van der Waals surface area contributed by atoms with Crippen LogP contribution in [0.2, 0.25) is 0 Å². The number of alkyl halides is 3. The Kier molecular flexibility index (Phi) is 4.91. The molecule has 0 aromatic heterocycles. The lowest BCUT2D eigenvalue weighted by Gasteiger charge is -2.11. The maximum atomic E-state index is 12.0. The number of para-hydroxylation sites is 1. The second-order valence-electron chi connectivity index (χ2n) is 3.89. The molecule has 0 unspecified atom stereocenters. The molecule has 0 aliphatic heterocycles. The van der Waals surface area contributed by atoms with Crippen molar-refractivity contribution in [1.82, 2.24) is 0 Å². The molecule has 1 aromatic rings. The van der Waals surface area contributed by atoms with Crippen molar-refractivity contribution in [3.63, 3.8) is 0 Å². The van der Waals surface area contributed by atoms with E-state index in [2.05, 4.69) is 10.5 Å². The van der Waals surface area contributed by atoms with Gasteiger partial charge in [0.05, 0.1) is 12.1 Å². The largest absolute Gasteiger partial charge is 0.411 e. The van der Waals surface area contributed by atoms with E-state index in [1.807, 2.05) is 0 Å². The number of amides is 1. The van der Waals surface area contributed by atoms with Crippen LogP contribution in [0, 0.1) is 0 Å². The molecule has 4 nitrogen and oxygen atoms in total. The first-order valence-electron chi connectivity index (χ1n) is 5.48. The van der Waals surface area contributed by atoms with Crippen molar-refractivity contribution in [3.8, 4) is 0 Å². The molecule has 0 saturated heterocycles. The highest BCUT2D eigenvalue weighted by atomic mass is 19.4. The van der Waals surface area contributed by atoms with Crippen molar-refractivity contribution >= 4 is 17.3 Å². The topological polar surface area (TPSA) is 61.7 Å². The third-order valence-electron chi connectivity index (χ3n) is 2.38. The van der Waals surface area contributed by atoms with Crippen LogP contribution in [0.15, 0.2) is 29.4 Å². The SMILES string of the molecule is CC(=NO)c1ccccc1NC(=O)CCC(F)(F)F. The van der Waals surface area contributed by atoms with Gasteiger partial charge < -0.3 is 10.5 Å². The first kappa shape index (κ1) is 15.0. The number of carbonyl (C=O) groups is 1. The number of halogens is 3. The van der Waals surface area contributed by atoms with Gasteiger partial charge in [-0.15, -0.1) is 0 Å². The smallest absolute Gasteiger partial charge is 0.389 e. The third kappa shape index (κ3) is 4.99. The Balaban J connectivity index is 2.75. The van der Waals surface area contributed by atoms with Gasteiger partial charge in [-0.3, -0.25) is 4.79 Å². The molecule has 19 heavy (non-hydrogen) atoms. The number of rotatable bonds is 4. The predicted molar refractivity (Wildman–Crippen MR) is 64.4 cm³/mol. The Morgan fingerprint density at radius 1 is 1.37 bits per heavy atom. The van der Waals surface area contributed by atoms with Gasteiger partial charge in [0.2, 0.25) is 5.91 Å². The summed E-state index contributed by atoms with van der Waals surface area (Å²) in [5, 5.41) is 14.0. The first-order chi connectivity index (χ1) is 8.83. The summed E-state index contributed by atoms with van der Waals surface area (Å²) in [6, 6.07) is 6.40. The van der Waals surface area contributed by atoms with Gasteiger partial charge >= 0.3 is 6.18 Å². The Hall–Kier alpha value is -2.05. The van der Waals surface area contributed by atoms with Crippen molar-refractivity contribution in [2.24, 2.45) is 5.16 Å². The predicted octanol–water partition coefficient (Wildman–Crippen LogP) is 3.17. The van der Waals surface area contributed by atoms with Gasteiger partial charge in [-0.2, -0.15) is 13.2 Å². The van der Waals surface area contributed by atoms with E-state index in [9.17, 15) is 18.0 Å². The number of anilines is 1. The van der Waals surface area contributed by atoms with Crippen LogP contribution in [0.3, 0.4) is 0 Å². The van der Waals surface area contributed by atoms with Gasteiger partial charge in [0.25, 0.3) is 0 Å². The molecule has 0 aliphatic rings. The zero-order valence-electron chi connectivity index (χ0n) is 10.2. The molecule has 0 aliphatic carbocycles. The quantitative estimate of drug-likeness (QED) is 0.503. The Labute approximate surface area is 107 Å². The third-order valence-corrected chi connectivity index (χ3v) is 2.38. The van der Waals surface area contributed by atoms with Gasteiger partial charge in [-0.05, 0) is 13.0 Å². The van der Waals surface area contributed by atoms with Crippen LogP contribution in [0.5, 0.6) is 0 Å². The molecule has 0 bridgehead atoms. The van der Waals surface area contributed by atoms with E-state index in [4.69, 9.17) is 5.21 Å². The summed E-state index contributed by atoms with van der Waals surface area (Å²) in [5.74, 6) is -0.740. The summed E-state index contributed by atoms with van der Waals surface area (Å²) in [6.45, 7) is 1.51. The van der Waals surface area contributed by atoms with Gasteiger partial charge in [-0.25, -0.2) is 0 Å². The molecule has 104 valence electrons. The van der Waals surface area contributed by atoms with Crippen molar-refractivity contribution in [2.75, 3.05) is 5.32 Å². The summed E-state index contributed by atoms with van der Waals surface area (Å²) >= 11 is 0. The molecule has 0 fully saturated rings. The molecular weight excluding hydrogens is 261 g/mol. The maximum absolute atomic E-state index is 12.0. The van der Waals surface area contributed by atoms with Crippen molar-refractivity contribution in [1.29, 1.82) is 0 Å². The second kappa shape index (κ2) is 6.21. The lowest BCUT2D eigenvalue weighted by Crippen LogP contribution is -2.17. The average molecular weight is 274 g/mol. The standard InChI is InChI=1S/C12H13F3N2O2/c1-8(17-19)9-4-2-3-5-10(9)16-11(18)6-7-12(13,14)15/h2-5,19H,6-7H2,1H3,(H,16,18). The van der Waals surface area contributed by atoms with E-state index in [-0.39, 0.29) is 5.71 Å². The van der Waals surface area contributed by atoms with E-state index in [1.165, 1.54) is 13.0 Å². The highest BCUT2D eigenvalue weighted by molar-refractivity contribution is 6.06. The molecule has 1 rings (SSSR count). The fourth-order valence-corrected chi connectivity index (χ4v) is 1.43. The number of carbonyl (C=O) groups excluding carboxylic acids is 1. The molecule has 2 N–H and O–H groups in total. The molecule has 0 spiro atoms. The Morgan fingerprint density at radius 3 is 2.58 bits per heavy atom. The highest BCUT2D eigenvalue weighted by Crippen LogP contribution is 2.22. The normalized spacial score (nSPS) is 12.3. The molecule has 7 heteroatoms. The minimum absolute atomic E-state index is 0.256. The van der Waals surface area contributed by atoms with Crippen molar-refractivity contribution in [3.05, 3.63) is 29.8 Å². The van der Waals surface area contributed by atoms with Gasteiger partial charge in [0.15, 0.2) is 0 Å². The summed E-state index contributed by atoms with van der Waals surface area (Å²) in [4.78, 5) is 11.4. The van der Waals surface area contributed by atoms with Crippen LogP contribution in [-0.4, -0.2) is 23.0 Å². The molecule has 0 heterocycles. The number of oxime groups is 1. The summed E-state index contributed by atoms with van der Waals surface area (Å²) in [6.07, 6.45) is -6.18. The van der Waals surface area contributed by atoms with Crippen LogP contribution < -0.4 is 5.32 Å². The lowest BCUT2D eigenvalue weighted by molar-refractivity contribution is -0.142. The van der Waals surface area contributed by atoms with E-state index < -0.39 is 24.9 Å². The molecule has 0 saturated carbocycles. The Bertz CT molecular complexity index is 484. The Morgan fingerprint density at radius 2 is 2.00 bits per heavy atom. The van der Waals surface area contributed by atoms with Crippen LogP contribution in [0.1, 0.15) is 25.3 Å². The minimum Gasteiger partial charge on any atom is -0.411 e. The summed E-state index contributed by atoms with van der Waals surface area (Å²) < 4.78 is 36.0. The molecule has 0 radical (unpaired) electrons. The van der Waals surface area contributed by atoms with Crippen LogP contribution in [-0.2, 0) is 4.79 Å². The number of nitrogens with one attached hydrogen (secondary N) is 1. The number of benzene rings is 1. The van der Waals surface area contributed by atoms with E-state index in [0.717, 1.165) is 0 Å². The monoisotopic (exact) mass is 274 g/mol. The zero-order valence-corrected chi connectivity index (χ0v) is 10.2. The van der Waals surface area contributed by atoms with Gasteiger partial charge in [-0.1, -0.05) is 23.4 Å². The van der Waals surface area contributed by atoms with Gasteiger partial charge in [0, 0.05) is 17.7 Å². The zero-order chi connectivity index (χ0) is 14.5. The lowest BCUT2D eigenvalue weighted by atomic mass is 10.1. The fourth-order valence-electron chi connectivity index (χ4n) is 1.43. The van der Waals surface area contributed by atoms with Gasteiger partial charge in [0.1, 0.15) is 0 Å². The summed E-state index contributed by atoms with van der Waals surface area (Å²) in [5.41, 5.74) is 1.02. The average Bonchev–Trinajstić information content (AvgIpc) is 2.35. The molecule has 1 amide bonds. The number of hydrogen-bond acceptors (Lipinski definition) is 3. The molecule has 1 aromatic carbocycles. The van der Waals surface area contributed by atoms with E-state index in [0.29, 0.717) is 11.3 Å². The fraction of sp³-hybridized carbons (Fsp3) is 0.333. The highest BCUT2D eigenvalue weighted by Gasteiger charge is 2.28. The second-order valence-corrected chi connectivity index (χ2v) is 3.89. The number of hydrogen-bond donors (Lipinski definition) is 2. The van der Waals surface area contributed by atoms with Crippen molar-refractivity contribution < 1.29 is 23.2 Å². The molecular formula is C12H13F3N2O2. The van der Waals surface area contributed by atoms with Crippen LogP contribution in [0.25, 0.3) is 0 Å². The van der Waals surface area contributed by atoms with E-state index >= 15 is 0 Å². The van der Waals surface area contributed by atoms with E-state index in [1.54, 1.807) is 18.2 Å². The van der Waals surface area contributed by atoms with Crippen LogP contribution >= 0.6 is 0 Å². The first-order valence-corrected chi connectivity index (χ1v) is 5.48. The van der Waals surface area contributed by atoms with Crippen molar-refractivity contribution in [2.45, 2.75) is 25.9 Å². The number of nitrogens with zero attached hydrogens (tertiary/aromatic N) is 1. The minimum atomic E-state index is -4.36. The molecule has 0 atom stereocenters. The maximum Gasteiger partial charge on any atom is 0.389 e. The summed E-state index contributed by atoms with van der Waals surface area (Å²) in [7, 11) is 0.